The van der Waals surface area contributed by atoms with E-state index in [9.17, 15) is 0 Å². The van der Waals surface area contributed by atoms with Gasteiger partial charge < -0.3 is 10.3 Å². The lowest BCUT2D eigenvalue weighted by molar-refractivity contribution is 0.308. The zero-order valence-electron chi connectivity index (χ0n) is 13.5. The fourth-order valence-corrected chi connectivity index (χ4v) is 3.75. The zero-order chi connectivity index (χ0) is 15.9. The van der Waals surface area contributed by atoms with Crippen LogP contribution in [0.2, 0.25) is 0 Å². The second-order valence-corrected chi connectivity index (χ2v) is 6.50. The molecule has 1 aromatic carbocycles. The summed E-state index contributed by atoms with van der Waals surface area (Å²) in [6, 6.07) is 12.3. The van der Waals surface area contributed by atoms with Crippen molar-refractivity contribution in [3.8, 4) is 10.7 Å². The Morgan fingerprint density at radius 3 is 2.88 bits per heavy atom. The molecule has 1 atom stereocenters. The van der Waals surface area contributed by atoms with E-state index in [0.29, 0.717) is 0 Å². The quantitative estimate of drug-likeness (QED) is 0.681. The second-order valence-electron chi connectivity index (χ2n) is 5.64. The maximum absolute atomic E-state index is 4.80. The first-order valence-corrected chi connectivity index (χ1v) is 8.58. The van der Waals surface area contributed by atoms with Crippen LogP contribution in [0.15, 0.2) is 58.8 Å². The first-order chi connectivity index (χ1) is 11.9. The van der Waals surface area contributed by atoms with Gasteiger partial charge in [-0.25, -0.2) is 15.4 Å². The standard InChI is InChI=1S/C17H14N6S.2ClH/c1-2-4-12-11(3-1)5-6-13(19-12)17-20-14(10-24-17)16-22-21-15-9-18-7-8-23(15)16;;/h1-7,9-10,16,21-22H,8H2;2*1H. The predicted molar refractivity (Wildman–Crippen MR) is 110 cm³/mol. The molecule has 134 valence electrons. The van der Waals surface area contributed by atoms with Gasteiger partial charge in [0.25, 0.3) is 0 Å². The molecule has 9 heteroatoms. The van der Waals surface area contributed by atoms with Gasteiger partial charge in [-0.15, -0.1) is 36.2 Å². The van der Waals surface area contributed by atoms with Gasteiger partial charge in [-0.3, -0.25) is 4.99 Å². The maximum atomic E-state index is 4.80. The summed E-state index contributed by atoms with van der Waals surface area (Å²) in [5, 5.41) is 4.16. The van der Waals surface area contributed by atoms with Gasteiger partial charge in [0.1, 0.15) is 17.0 Å². The summed E-state index contributed by atoms with van der Waals surface area (Å²) in [7, 11) is 0. The molecule has 1 unspecified atom stereocenters. The number of nitrogens with one attached hydrogen (secondary N) is 2. The van der Waals surface area contributed by atoms with Crippen LogP contribution in [0.25, 0.3) is 21.6 Å². The Bertz CT molecular complexity index is 986. The third-order valence-corrected chi connectivity index (χ3v) is 5.04. The number of benzene rings is 1. The summed E-state index contributed by atoms with van der Waals surface area (Å²) in [6.07, 6.45) is 3.71. The number of aromatic nitrogens is 2. The van der Waals surface area contributed by atoms with Crippen molar-refractivity contribution in [2.75, 3.05) is 6.54 Å². The molecule has 2 aromatic heterocycles. The highest BCUT2D eigenvalue weighted by molar-refractivity contribution is 7.13. The summed E-state index contributed by atoms with van der Waals surface area (Å²) >= 11 is 1.62. The number of para-hydroxylation sites is 1. The molecule has 1 saturated heterocycles. The molecular weight excluding hydrogens is 391 g/mol. The van der Waals surface area contributed by atoms with E-state index in [0.717, 1.165) is 39.7 Å². The van der Waals surface area contributed by atoms with Crippen molar-refractivity contribution < 1.29 is 0 Å². The number of hydrazine groups is 1. The molecule has 2 N–H and O–H groups in total. The van der Waals surface area contributed by atoms with E-state index in [1.54, 1.807) is 11.3 Å². The van der Waals surface area contributed by atoms with Crippen molar-refractivity contribution in [1.82, 2.24) is 25.7 Å². The van der Waals surface area contributed by atoms with Crippen LogP contribution in [0.3, 0.4) is 0 Å². The highest BCUT2D eigenvalue weighted by atomic mass is 35.5. The Balaban J connectivity index is 0.000000980. The molecule has 4 heterocycles. The summed E-state index contributed by atoms with van der Waals surface area (Å²) in [5.74, 6) is 0.973. The number of fused-ring (bicyclic) bond motifs is 2. The minimum Gasteiger partial charge on any atom is -0.328 e. The first kappa shape index (κ1) is 18.6. The number of halogens is 2. The van der Waals surface area contributed by atoms with E-state index >= 15 is 0 Å². The van der Waals surface area contributed by atoms with Crippen LogP contribution in [0.5, 0.6) is 0 Å². The molecule has 1 fully saturated rings. The topological polar surface area (TPSA) is 65.4 Å². The molecule has 0 radical (unpaired) electrons. The zero-order valence-corrected chi connectivity index (χ0v) is 15.9. The molecule has 5 rings (SSSR count). The normalized spacial score (nSPS) is 17.8. The number of hydrogen-bond acceptors (Lipinski definition) is 7. The average Bonchev–Trinajstić information content (AvgIpc) is 3.28. The van der Waals surface area contributed by atoms with Gasteiger partial charge in [0, 0.05) is 17.0 Å². The molecule has 6 nitrogen and oxygen atoms in total. The van der Waals surface area contributed by atoms with Crippen molar-refractivity contribution in [2.24, 2.45) is 4.99 Å². The highest BCUT2D eigenvalue weighted by Crippen LogP contribution is 2.30. The Kier molecular flexibility index (Phi) is 5.43. The SMILES string of the molecule is C1=NC=C2NNC(c3csc(-c4ccc5ccccc5n4)n3)N2C1.Cl.Cl. The Hall–Kier alpha value is -2.19. The van der Waals surface area contributed by atoms with Crippen molar-refractivity contribution >= 4 is 53.3 Å². The smallest absolute Gasteiger partial charge is 0.142 e. The summed E-state index contributed by atoms with van der Waals surface area (Å²) in [6.45, 7) is 0.761. The molecule has 3 aromatic rings. The number of rotatable bonds is 2. The fraction of sp³-hybridized carbons (Fsp3) is 0.118. The summed E-state index contributed by atoms with van der Waals surface area (Å²) in [4.78, 5) is 15.9. The van der Waals surface area contributed by atoms with E-state index in [1.165, 1.54) is 0 Å². The largest absolute Gasteiger partial charge is 0.328 e. The van der Waals surface area contributed by atoms with Gasteiger partial charge in [0.15, 0.2) is 0 Å². The molecular formula is C17H16Cl2N6S. The minimum atomic E-state index is 0. The Morgan fingerprint density at radius 2 is 1.96 bits per heavy atom. The van der Waals surface area contributed by atoms with E-state index in [4.69, 9.17) is 9.97 Å². The maximum Gasteiger partial charge on any atom is 0.142 e. The van der Waals surface area contributed by atoms with E-state index in [1.807, 2.05) is 36.7 Å². The van der Waals surface area contributed by atoms with Crippen molar-refractivity contribution in [3.63, 3.8) is 0 Å². The fourth-order valence-electron chi connectivity index (χ4n) is 2.95. The number of thiazole rings is 1. The van der Waals surface area contributed by atoms with Crippen molar-refractivity contribution in [1.29, 1.82) is 0 Å². The van der Waals surface area contributed by atoms with E-state index in [-0.39, 0.29) is 31.0 Å². The van der Waals surface area contributed by atoms with Gasteiger partial charge in [0.05, 0.1) is 29.6 Å². The van der Waals surface area contributed by atoms with Crippen molar-refractivity contribution in [3.05, 3.63) is 59.5 Å². The summed E-state index contributed by atoms with van der Waals surface area (Å²) < 4.78 is 0. The highest BCUT2D eigenvalue weighted by Gasteiger charge is 2.31. The third-order valence-electron chi connectivity index (χ3n) is 4.16. The number of hydrogen-bond donors (Lipinski definition) is 2. The summed E-state index contributed by atoms with van der Waals surface area (Å²) in [5.41, 5.74) is 9.30. The first-order valence-electron chi connectivity index (χ1n) is 7.70. The lowest BCUT2D eigenvalue weighted by Gasteiger charge is -2.23. The molecule has 2 aliphatic rings. The lowest BCUT2D eigenvalue weighted by Crippen LogP contribution is -2.30. The van der Waals surface area contributed by atoms with Crippen LogP contribution in [-0.2, 0) is 0 Å². The number of pyridine rings is 1. The molecule has 0 saturated carbocycles. The molecule has 0 aliphatic carbocycles. The Morgan fingerprint density at radius 1 is 1.08 bits per heavy atom. The lowest BCUT2D eigenvalue weighted by atomic mass is 10.2. The van der Waals surface area contributed by atoms with Gasteiger partial charge in [0.2, 0.25) is 0 Å². The molecule has 2 aliphatic heterocycles. The molecule has 0 spiro atoms. The molecule has 0 bridgehead atoms. The van der Waals surface area contributed by atoms with Crippen LogP contribution in [0.4, 0.5) is 0 Å². The second kappa shape index (κ2) is 7.59. The number of aliphatic imine (C=N–C) groups is 1. The van der Waals surface area contributed by atoms with Crippen LogP contribution in [-0.4, -0.2) is 27.6 Å². The Labute approximate surface area is 166 Å². The van der Waals surface area contributed by atoms with Gasteiger partial charge in [-0.1, -0.05) is 24.3 Å². The monoisotopic (exact) mass is 406 g/mol. The number of nitrogens with zero attached hydrogens (tertiary/aromatic N) is 4. The minimum absolute atomic E-state index is 0. The third kappa shape index (κ3) is 3.14. The van der Waals surface area contributed by atoms with Crippen molar-refractivity contribution in [2.45, 2.75) is 6.17 Å². The molecule has 0 amide bonds. The van der Waals surface area contributed by atoms with Crippen LogP contribution in [0.1, 0.15) is 11.9 Å². The van der Waals surface area contributed by atoms with Gasteiger partial charge in [-0.2, -0.15) is 0 Å². The van der Waals surface area contributed by atoms with E-state index < -0.39 is 0 Å². The van der Waals surface area contributed by atoms with Gasteiger partial charge in [-0.05, 0) is 12.1 Å². The van der Waals surface area contributed by atoms with Crippen LogP contribution in [0, 0.1) is 0 Å². The molecule has 26 heavy (non-hydrogen) atoms. The van der Waals surface area contributed by atoms with Crippen LogP contribution < -0.4 is 10.9 Å². The van der Waals surface area contributed by atoms with E-state index in [2.05, 4.69) is 38.3 Å². The van der Waals surface area contributed by atoms with Gasteiger partial charge >= 0.3 is 0 Å². The van der Waals surface area contributed by atoms with Crippen LogP contribution >= 0.6 is 36.2 Å². The average molecular weight is 407 g/mol. The predicted octanol–water partition coefficient (Wildman–Crippen LogP) is 3.49.